The molecule has 1 saturated heterocycles. The molecule has 7 nitrogen and oxygen atoms in total. The average molecular weight is 395 g/mol. The number of pyridine rings is 1. The quantitative estimate of drug-likeness (QED) is 0.588. The highest BCUT2D eigenvalue weighted by atomic mass is 16.5. The standard InChI is InChI=1S/C22H25N3O4/c1-15-20-18(21(26)23-10-6-11-27-14-17-9-5-12-28-17)13-19(24-22(20)29-25-15)16-7-3-2-4-8-16/h2-4,7-8,13,17H,5-6,9-12,14H2,1H3,(H,23,26). The van der Waals surface area contributed by atoms with Crippen LogP contribution in [-0.4, -0.2) is 48.5 Å². The zero-order valence-electron chi connectivity index (χ0n) is 16.5. The second-order valence-corrected chi connectivity index (χ2v) is 7.19. The average Bonchev–Trinajstić information content (AvgIpc) is 3.40. The van der Waals surface area contributed by atoms with Crippen molar-refractivity contribution in [2.45, 2.75) is 32.3 Å². The third-order valence-corrected chi connectivity index (χ3v) is 5.01. The molecule has 1 unspecified atom stereocenters. The van der Waals surface area contributed by atoms with Crippen LogP contribution >= 0.6 is 0 Å². The minimum Gasteiger partial charge on any atom is -0.379 e. The second-order valence-electron chi connectivity index (χ2n) is 7.19. The Labute approximate surface area is 169 Å². The highest BCUT2D eigenvalue weighted by molar-refractivity contribution is 6.06. The number of rotatable bonds is 8. The Morgan fingerprint density at radius 2 is 2.17 bits per heavy atom. The number of carbonyl (C=O) groups excluding carboxylic acids is 1. The molecular weight excluding hydrogens is 370 g/mol. The summed E-state index contributed by atoms with van der Waals surface area (Å²) in [7, 11) is 0. The first-order valence-corrected chi connectivity index (χ1v) is 10.0. The first-order valence-electron chi connectivity index (χ1n) is 10.0. The van der Waals surface area contributed by atoms with Crippen molar-refractivity contribution in [3.8, 4) is 11.3 Å². The lowest BCUT2D eigenvalue weighted by atomic mass is 10.1. The van der Waals surface area contributed by atoms with Crippen LogP contribution in [0.1, 0.15) is 35.3 Å². The summed E-state index contributed by atoms with van der Waals surface area (Å²) in [5, 5.41) is 7.60. The summed E-state index contributed by atoms with van der Waals surface area (Å²) in [6.07, 6.45) is 3.14. The summed E-state index contributed by atoms with van der Waals surface area (Å²) in [6, 6.07) is 11.5. The molecule has 1 N–H and O–H groups in total. The van der Waals surface area contributed by atoms with Gasteiger partial charge in [-0.2, -0.15) is 0 Å². The molecule has 0 radical (unpaired) electrons. The van der Waals surface area contributed by atoms with Crippen LogP contribution in [0.25, 0.3) is 22.4 Å². The molecule has 4 rings (SSSR count). The maximum Gasteiger partial charge on any atom is 0.259 e. The molecule has 0 saturated carbocycles. The SMILES string of the molecule is Cc1noc2nc(-c3ccccc3)cc(C(=O)NCCCOCC3CCCO3)c12. The Bertz CT molecular complexity index is 965. The normalized spacial score (nSPS) is 16.4. The van der Waals surface area contributed by atoms with Crippen LogP contribution in [0.5, 0.6) is 0 Å². The number of nitrogens with one attached hydrogen (secondary N) is 1. The Balaban J connectivity index is 1.40. The van der Waals surface area contributed by atoms with Gasteiger partial charge in [-0.15, -0.1) is 0 Å². The van der Waals surface area contributed by atoms with Gasteiger partial charge in [-0.25, -0.2) is 4.98 Å². The van der Waals surface area contributed by atoms with Crippen molar-refractivity contribution in [2.24, 2.45) is 0 Å². The number of carbonyl (C=O) groups is 1. The maximum atomic E-state index is 12.9. The number of nitrogens with zero attached hydrogens (tertiary/aromatic N) is 2. The van der Waals surface area contributed by atoms with E-state index in [1.807, 2.05) is 37.3 Å². The Hall–Kier alpha value is -2.77. The number of benzene rings is 1. The third kappa shape index (κ3) is 4.63. The Kier molecular flexibility index (Phi) is 6.17. The zero-order valence-corrected chi connectivity index (χ0v) is 16.5. The van der Waals surface area contributed by atoms with Gasteiger partial charge in [0.1, 0.15) is 0 Å². The number of hydrogen-bond acceptors (Lipinski definition) is 6. The van der Waals surface area contributed by atoms with Crippen LogP contribution in [0.2, 0.25) is 0 Å². The summed E-state index contributed by atoms with van der Waals surface area (Å²) < 4.78 is 16.5. The van der Waals surface area contributed by atoms with Gasteiger partial charge in [0.25, 0.3) is 11.6 Å². The maximum absolute atomic E-state index is 12.9. The van der Waals surface area contributed by atoms with Crippen molar-refractivity contribution >= 4 is 17.0 Å². The molecule has 3 heterocycles. The van der Waals surface area contributed by atoms with Crippen molar-refractivity contribution < 1.29 is 18.8 Å². The van der Waals surface area contributed by atoms with Gasteiger partial charge in [0.2, 0.25) is 0 Å². The van der Waals surface area contributed by atoms with E-state index in [0.717, 1.165) is 31.4 Å². The molecule has 0 spiro atoms. The third-order valence-electron chi connectivity index (χ3n) is 5.01. The van der Waals surface area contributed by atoms with Crippen LogP contribution in [0.15, 0.2) is 40.9 Å². The molecule has 0 aliphatic carbocycles. The van der Waals surface area contributed by atoms with Crippen molar-refractivity contribution in [2.75, 3.05) is 26.4 Å². The minimum absolute atomic E-state index is 0.167. The molecule has 152 valence electrons. The number of aryl methyl sites for hydroxylation is 1. The van der Waals surface area contributed by atoms with E-state index in [1.165, 1.54) is 0 Å². The fourth-order valence-electron chi connectivity index (χ4n) is 3.49. The van der Waals surface area contributed by atoms with E-state index < -0.39 is 0 Å². The van der Waals surface area contributed by atoms with E-state index in [2.05, 4.69) is 15.5 Å². The van der Waals surface area contributed by atoms with Crippen LogP contribution in [0.3, 0.4) is 0 Å². The molecule has 1 fully saturated rings. The fraction of sp³-hybridized carbons (Fsp3) is 0.409. The number of ether oxygens (including phenoxy) is 2. The van der Waals surface area contributed by atoms with Crippen LogP contribution in [0, 0.1) is 6.92 Å². The van der Waals surface area contributed by atoms with Gasteiger partial charge < -0.3 is 19.3 Å². The van der Waals surface area contributed by atoms with Gasteiger partial charge in [-0.1, -0.05) is 35.5 Å². The van der Waals surface area contributed by atoms with Gasteiger partial charge in [-0.05, 0) is 32.3 Å². The predicted octanol–water partition coefficient (Wildman–Crippen LogP) is 3.51. The minimum atomic E-state index is -0.167. The first kappa shape index (κ1) is 19.5. The molecule has 7 heteroatoms. The lowest BCUT2D eigenvalue weighted by Crippen LogP contribution is -2.26. The van der Waals surface area contributed by atoms with E-state index in [4.69, 9.17) is 14.0 Å². The van der Waals surface area contributed by atoms with Gasteiger partial charge in [0, 0.05) is 25.3 Å². The second kappa shape index (κ2) is 9.15. The molecule has 0 bridgehead atoms. The summed E-state index contributed by atoms with van der Waals surface area (Å²) in [6.45, 7) is 4.38. The summed E-state index contributed by atoms with van der Waals surface area (Å²) in [5.74, 6) is -0.167. The highest BCUT2D eigenvalue weighted by Gasteiger charge is 2.19. The van der Waals surface area contributed by atoms with Crippen molar-refractivity contribution in [3.63, 3.8) is 0 Å². The number of fused-ring (bicyclic) bond motifs is 1. The van der Waals surface area contributed by atoms with Crippen LogP contribution < -0.4 is 5.32 Å². The van der Waals surface area contributed by atoms with Crippen LogP contribution in [-0.2, 0) is 9.47 Å². The van der Waals surface area contributed by atoms with Crippen molar-refractivity contribution in [1.29, 1.82) is 0 Å². The Morgan fingerprint density at radius 3 is 2.97 bits per heavy atom. The Morgan fingerprint density at radius 1 is 1.31 bits per heavy atom. The number of amides is 1. The van der Waals surface area contributed by atoms with Crippen LogP contribution in [0.4, 0.5) is 0 Å². The van der Waals surface area contributed by atoms with Gasteiger partial charge in [-0.3, -0.25) is 4.79 Å². The van der Waals surface area contributed by atoms with Gasteiger partial charge in [0.05, 0.1) is 35.0 Å². The van der Waals surface area contributed by atoms with E-state index in [0.29, 0.717) is 47.8 Å². The topological polar surface area (TPSA) is 86.5 Å². The van der Waals surface area contributed by atoms with E-state index in [1.54, 1.807) is 6.07 Å². The molecule has 1 aliphatic heterocycles. The number of aromatic nitrogens is 2. The molecule has 3 aromatic rings. The number of hydrogen-bond donors (Lipinski definition) is 1. The largest absolute Gasteiger partial charge is 0.379 e. The van der Waals surface area contributed by atoms with Gasteiger partial charge >= 0.3 is 0 Å². The van der Waals surface area contributed by atoms with Crippen molar-refractivity contribution in [1.82, 2.24) is 15.5 Å². The molecule has 1 aliphatic rings. The molecule has 1 amide bonds. The summed E-state index contributed by atoms with van der Waals surface area (Å²) in [4.78, 5) is 17.4. The van der Waals surface area contributed by atoms with E-state index in [9.17, 15) is 4.79 Å². The summed E-state index contributed by atoms with van der Waals surface area (Å²) in [5.41, 5.74) is 3.14. The summed E-state index contributed by atoms with van der Waals surface area (Å²) >= 11 is 0. The zero-order chi connectivity index (χ0) is 20.1. The van der Waals surface area contributed by atoms with E-state index >= 15 is 0 Å². The highest BCUT2D eigenvalue weighted by Crippen LogP contribution is 2.26. The van der Waals surface area contributed by atoms with E-state index in [-0.39, 0.29) is 12.0 Å². The monoisotopic (exact) mass is 395 g/mol. The first-order chi connectivity index (χ1) is 14.2. The lowest BCUT2D eigenvalue weighted by molar-refractivity contribution is 0.0166. The molecule has 1 aromatic carbocycles. The lowest BCUT2D eigenvalue weighted by Gasteiger charge is -2.11. The predicted molar refractivity (Wildman–Crippen MR) is 109 cm³/mol. The smallest absolute Gasteiger partial charge is 0.259 e. The van der Waals surface area contributed by atoms with Gasteiger partial charge in [0.15, 0.2) is 0 Å². The molecular formula is C22H25N3O4. The fourth-order valence-corrected chi connectivity index (χ4v) is 3.49. The molecule has 2 aromatic heterocycles. The van der Waals surface area contributed by atoms with Crippen molar-refractivity contribution in [3.05, 3.63) is 47.7 Å². The molecule has 1 atom stereocenters. The molecule has 29 heavy (non-hydrogen) atoms.